The summed E-state index contributed by atoms with van der Waals surface area (Å²) in [6, 6.07) is 18.4. The van der Waals surface area contributed by atoms with Crippen molar-refractivity contribution in [2.45, 2.75) is 44.9 Å². The van der Waals surface area contributed by atoms with Gasteiger partial charge in [-0.1, -0.05) is 48.8 Å². The third kappa shape index (κ3) is 6.39. The molecule has 9 heteroatoms. The van der Waals surface area contributed by atoms with Gasteiger partial charge in [-0.15, -0.1) is 0 Å². The minimum atomic E-state index is -3.67. The van der Waals surface area contributed by atoms with Crippen molar-refractivity contribution in [1.82, 2.24) is 9.21 Å². The van der Waals surface area contributed by atoms with Crippen molar-refractivity contribution < 1.29 is 17.9 Å². The highest BCUT2D eigenvalue weighted by Gasteiger charge is 2.33. The number of carbonyl (C=O) groups excluding carboxylic acids is 1. The fourth-order valence-electron chi connectivity index (χ4n) is 4.50. The highest BCUT2D eigenvalue weighted by atomic mass is 79.9. The van der Waals surface area contributed by atoms with E-state index in [-0.39, 0.29) is 24.5 Å². The van der Waals surface area contributed by atoms with Crippen molar-refractivity contribution in [1.29, 1.82) is 0 Å². The van der Waals surface area contributed by atoms with Gasteiger partial charge < -0.3 is 15.0 Å². The van der Waals surface area contributed by atoms with Crippen LogP contribution in [0.3, 0.4) is 0 Å². The van der Waals surface area contributed by atoms with E-state index in [2.05, 4.69) is 42.0 Å². The van der Waals surface area contributed by atoms with Crippen LogP contribution in [0.25, 0.3) is 0 Å². The number of hydrogen-bond acceptors (Lipinski definition) is 4. The molecule has 1 saturated heterocycles. The molecular weight excluding hydrogens is 566 g/mol. The molecule has 1 fully saturated rings. The fraction of sp³-hybridized carbons (Fsp3) is 0.345. The fourth-order valence-corrected chi connectivity index (χ4v) is 6.60. The molecule has 0 aliphatic carbocycles. The summed E-state index contributed by atoms with van der Waals surface area (Å²) >= 11 is 3.40. The first-order valence-electron chi connectivity index (χ1n) is 12.6. The molecule has 1 N–H and O–H groups in total. The van der Waals surface area contributed by atoms with Crippen LogP contribution in [0.4, 0.5) is 10.5 Å². The van der Waals surface area contributed by atoms with Crippen LogP contribution in [0.15, 0.2) is 70.0 Å². The summed E-state index contributed by atoms with van der Waals surface area (Å²) in [5.41, 5.74) is 3.19. The molecule has 3 aromatic rings. The molecule has 0 radical (unpaired) electrons. The van der Waals surface area contributed by atoms with Gasteiger partial charge in [0.05, 0.1) is 4.90 Å². The van der Waals surface area contributed by atoms with Gasteiger partial charge in [0, 0.05) is 36.3 Å². The summed E-state index contributed by atoms with van der Waals surface area (Å²) in [4.78, 5) is 14.9. The standard InChI is InChI=1S/C29H34BrN3O4S/c1-20-18-22(29(3,4)5)19-21(2)27(20)38(35,36)33-16-14-32(15-17-33)28(34)31-24-8-12-26(13-9-24)37-25-10-6-23(30)7-11-25/h6-13,18-19H,14-17H2,1-5H3,(H,31,34). The van der Waals surface area contributed by atoms with Crippen LogP contribution < -0.4 is 10.1 Å². The van der Waals surface area contributed by atoms with Crippen molar-refractivity contribution in [3.05, 3.63) is 81.8 Å². The van der Waals surface area contributed by atoms with Crippen LogP contribution in [-0.4, -0.2) is 49.8 Å². The number of nitrogens with one attached hydrogen (secondary N) is 1. The maximum Gasteiger partial charge on any atom is 0.321 e. The van der Waals surface area contributed by atoms with Gasteiger partial charge in [-0.3, -0.25) is 0 Å². The highest BCUT2D eigenvalue weighted by Crippen LogP contribution is 2.31. The highest BCUT2D eigenvalue weighted by molar-refractivity contribution is 9.10. The van der Waals surface area contributed by atoms with Crippen molar-refractivity contribution >= 4 is 37.7 Å². The first-order chi connectivity index (χ1) is 17.8. The summed E-state index contributed by atoms with van der Waals surface area (Å²) in [6.45, 7) is 11.2. The van der Waals surface area contributed by atoms with Gasteiger partial charge >= 0.3 is 6.03 Å². The Morgan fingerprint density at radius 1 is 0.868 bits per heavy atom. The Balaban J connectivity index is 1.36. The van der Waals surface area contributed by atoms with Gasteiger partial charge in [0.15, 0.2) is 0 Å². The summed E-state index contributed by atoms with van der Waals surface area (Å²) in [7, 11) is -3.67. The number of anilines is 1. The van der Waals surface area contributed by atoms with Crippen molar-refractivity contribution in [3.8, 4) is 11.5 Å². The van der Waals surface area contributed by atoms with Gasteiger partial charge in [0.1, 0.15) is 11.5 Å². The molecule has 0 aromatic heterocycles. The molecule has 2 amide bonds. The number of halogens is 1. The first-order valence-corrected chi connectivity index (χ1v) is 14.8. The van der Waals surface area contributed by atoms with E-state index in [0.717, 1.165) is 21.2 Å². The molecule has 202 valence electrons. The van der Waals surface area contributed by atoms with Crippen LogP contribution >= 0.6 is 15.9 Å². The van der Waals surface area contributed by atoms with E-state index < -0.39 is 10.0 Å². The number of nitrogens with zero attached hydrogens (tertiary/aromatic N) is 2. The number of aryl methyl sites for hydroxylation is 2. The Hall–Kier alpha value is -2.88. The van der Waals surface area contributed by atoms with E-state index in [4.69, 9.17) is 4.74 Å². The SMILES string of the molecule is Cc1cc(C(C)(C)C)cc(C)c1S(=O)(=O)N1CCN(C(=O)Nc2ccc(Oc3ccc(Br)cc3)cc2)CC1. The normalized spacial score (nSPS) is 14.8. The molecule has 0 saturated carbocycles. The second kappa shape index (κ2) is 11.1. The number of carbonyl (C=O) groups is 1. The first kappa shape index (κ1) is 28.1. The maximum absolute atomic E-state index is 13.5. The number of urea groups is 1. The molecule has 0 unspecified atom stereocenters. The van der Waals surface area contributed by atoms with Gasteiger partial charge in [-0.25, -0.2) is 13.2 Å². The molecule has 3 aromatic carbocycles. The third-order valence-corrected chi connectivity index (χ3v) is 9.34. The van der Waals surface area contributed by atoms with Gasteiger partial charge in [-0.05, 0) is 84.5 Å². The minimum Gasteiger partial charge on any atom is -0.457 e. The zero-order valence-corrected chi connectivity index (χ0v) is 24.8. The Labute approximate surface area is 234 Å². The Kier molecular flexibility index (Phi) is 8.20. The lowest BCUT2D eigenvalue weighted by Gasteiger charge is -2.34. The zero-order chi connectivity index (χ0) is 27.7. The minimum absolute atomic E-state index is 0.0658. The number of ether oxygens (including phenoxy) is 1. The van der Waals surface area contributed by atoms with Crippen LogP contribution in [0.2, 0.25) is 0 Å². The summed E-state index contributed by atoms with van der Waals surface area (Å²) < 4.78 is 35.3. The molecule has 1 heterocycles. The predicted octanol–water partition coefficient (Wildman–Crippen LogP) is 6.69. The average molecular weight is 601 g/mol. The Morgan fingerprint density at radius 2 is 1.37 bits per heavy atom. The largest absolute Gasteiger partial charge is 0.457 e. The number of rotatable bonds is 5. The average Bonchev–Trinajstić information content (AvgIpc) is 2.85. The van der Waals surface area contributed by atoms with E-state index in [1.54, 1.807) is 29.2 Å². The number of benzene rings is 3. The molecule has 4 rings (SSSR count). The number of piperazine rings is 1. The van der Waals surface area contributed by atoms with Crippen LogP contribution in [0.1, 0.15) is 37.5 Å². The lowest BCUT2D eigenvalue weighted by atomic mass is 9.85. The number of amides is 2. The van der Waals surface area contributed by atoms with E-state index in [0.29, 0.717) is 35.2 Å². The molecule has 1 aliphatic heterocycles. The van der Waals surface area contributed by atoms with Gasteiger partial charge in [0.2, 0.25) is 10.0 Å². The van der Waals surface area contributed by atoms with E-state index in [1.807, 2.05) is 50.2 Å². The van der Waals surface area contributed by atoms with Crippen molar-refractivity contribution in [3.63, 3.8) is 0 Å². The second-order valence-corrected chi connectivity index (χ2v) is 13.4. The third-order valence-electron chi connectivity index (χ3n) is 6.61. The van der Waals surface area contributed by atoms with Crippen molar-refractivity contribution in [2.24, 2.45) is 0 Å². The predicted molar refractivity (Wildman–Crippen MR) is 155 cm³/mol. The molecule has 0 bridgehead atoms. The molecule has 7 nitrogen and oxygen atoms in total. The quantitative estimate of drug-likeness (QED) is 0.354. The molecule has 0 atom stereocenters. The lowest BCUT2D eigenvalue weighted by Crippen LogP contribution is -2.51. The molecule has 1 aliphatic rings. The van der Waals surface area contributed by atoms with Crippen LogP contribution in [0.5, 0.6) is 11.5 Å². The van der Waals surface area contributed by atoms with Gasteiger partial charge in [-0.2, -0.15) is 4.31 Å². The zero-order valence-electron chi connectivity index (χ0n) is 22.4. The second-order valence-electron chi connectivity index (χ2n) is 10.6. The Bertz CT molecular complexity index is 1380. The molecule has 0 spiro atoms. The summed E-state index contributed by atoms with van der Waals surface area (Å²) in [5.74, 6) is 1.37. The molecule has 38 heavy (non-hydrogen) atoms. The Morgan fingerprint density at radius 3 is 1.87 bits per heavy atom. The van der Waals surface area contributed by atoms with Crippen LogP contribution in [0, 0.1) is 13.8 Å². The maximum atomic E-state index is 13.5. The van der Waals surface area contributed by atoms with E-state index in [9.17, 15) is 13.2 Å². The van der Waals surface area contributed by atoms with Crippen molar-refractivity contribution in [2.75, 3.05) is 31.5 Å². The lowest BCUT2D eigenvalue weighted by molar-refractivity contribution is 0.184. The summed E-state index contributed by atoms with van der Waals surface area (Å²) in [6.07, 6.45) is 0. The number of sulfonamides is 1. The topological polar surface area (TPSA) is 79.0 Å². The van der Waals surface area contributed by atoms with E-state index in [1.165, 1.54) is 4.31 Å². The molecular formula is C29H34BrN3O4S. The number of hydrogen-bond donors (Lipinski definition) is 1. The monoisotopic (exact) mass is 599 g/mol. The smallest absolute Gasteiger partial charge is 0.321 e. The van der Waals surface area contributed by atoms with Crippen LogP contribution in [-0.2, 0) is 15.4 Å². The summed E-state index contributed by atoms with van der Waals surface area (Å²) in [5, 5.41) is 2.89. The van der Waals surface area contributed by atoms with E-state index >= 15 is 0 Å². The van der Waals surface area contributed by atoms with Gasteiger partial charge in [0.25, 0.3) is 0 Å².